The van der Waals surface area contributed by atoms with E-state index in [0.29, 0.717) is 10.1 Å². The zero-order valence-corrected chi connectivity index (χ0v) is 9.58. The molecule has 14 heavy (non-hydrogen) atoms. The molecule has 0 saturated carbocycles. The molecule has 0 N–H and O–H groups in total. The van der Waals surface area contributed by atoms with Crippen molar-refractivity contribution in [2.75, 3.05) is 6.26 Å². The van der Waals surface area contributed by atoms with Gasteiger partial charge in [0.05, 0.1) is 11.7 Å². The third-order valence-corrected chi connectivity index (χ3v) is 3.29. The maximum atomic E-state index is 11.3. The molecule has 0 aromatic carbocycles. The molecule has 0 radical (unpaired) electrons. The van der Waals surface area contributed by atoms with Gasteiger partial charge in [0.15, 0.2) is 0 Å². The van der Waals surface area contributed by atoms with E-state index in [1.807, 2.05) is 0 Å². The number of hydrogen-bond acceptors (Lipinski definition) is 4. The zero-order valence-electron chi connectivity index (χ0n) is 7.18. The highest BCUT2D eigenvalue weighted by Gasteiger charge is 2.15. The molecule has 5 nitrogen and oxygen atoms in total. The minimum atomic E-state index is -3.30. The lowest BCUT2D eigenvalue weighted by Crippen LogP contribution is -2.03. The molecule has 0 amide bonds. The van der Waals surface area contributed by atoms with Gasteiger partial charge in [-0.05, 0) is 15.9 Å². The van der Waals surface area contributed by atoms with Crippen molar-refractivity contribution in [3.05, 3.63) is 23.2 Å². The molecule has 0 aliphatic carbocycles. The van der Waals surface area contributed by atoms with E-state index in [-0.39, 0.29) is 5.16 Å². The van der Waals surface area contributed by atoms with Gasteiger partial charge in [-0.3, -0.25) is 4.40 Å². The van der Waals surface area contributed by atoms with Gasteiger partial charge in [-0.15, -0.1) is 0 Å². The van der Waals surface area contributed by atoms with Gasteiger partial charge in [0.2, 0.25) is 15.0 Å². The number of hydrogen-bond donors (Lipinski definition) is 0. The Balaban J connectivity index is 2.90. The summed E-state index contributed by atoms with van der Waals surface area (Å²) in [6, 6.07) is 0. The van der Waals surface area contributed by atoms with Crippen LogP contribution in [0.4, 0.5) is 0 Å². The molecule has 2 rings (SSSR count). The summed E-state index contributed by atoms with van der Waals surface area (Å²) < 4.78 is 24.7. The molecular weight excluding hydrogens is 270 g/mol. The van der Waals surface area contributed by atoms with E-state index in [0.717, 1.165) is 6.26 Å². The van der Waals surface area contributed by atoms with Crippen LogP contribution < -0.4 is 0 Å². The molecule has 0 aliphatic heterocycles. The highest BCUT2D eigenvalue weighted by Crippen LogP contribution is 2.17. The van der Waals surface area contributed by atoms with E-state index < -0.39 is 9.84 Å². The molecule has 74 valence electrons. The lowest BCUT2D eigenvalue weighted by molar-refractivity contribution is 0.592. The molecule has 0 aliphatic rings. The Labute approximate surface area is 88.8 Å². The van der Waals surface area contributed by atoms with Gasteiger partial charge >= 0.3 is 0 Å². The maximum Gasteiger partial charge on any atom is 0.232 e. The lowest BCUT2D eigenvalue weighted by Gasteiger charge is -1.98. The summed E-state index contributed by atoms with van der Waals surface area (Å²) in [4.78, 5) is 7.80. The molecule has 0 fully saturated rings. The van der Waals surface area contributed by atoms with Crippen LogP contribution in [0.3, 0.4) is 0 Å². The summed E-state index contributed by atoms with van der Waals surface area (Å²) in [7, 11) is -3.30. The highest BCUT2D eigenvalue weighted by molar-refractivity contribution is 9.10. The molecule has 2 heterocycles. The van der Waals surface area contributed by atoms with Crippen LogP contribution in [0.15, 0.2) is 28.4 Å². The minimum Gasteiger partial charge on any atom is -0.286 e. The van der Waals surface area contributed by atoms with Gasteiger partial charge in [-0.2, -0.15) is 0 Å². The molecule has 0 unspecified atom stereocenters. The van der Waals surface area contributed by atoms with Crippen molar-refractivity contribution >= 4 is 31.3 Å². The smallest absolute Gasteiger partial charge is 0.232 e. The van der Waals surface area contributed by atoms with E-state index in [2.05, 4.69) is 25.9 Å². The normalized spacial score (nSPS) is 12.1. The molecule has 0 spiro atoms. The van der Waals surface area contributed by atoms with E-state index in [4.69, 9.17) is 0 Å². The second kappa shape index (κ2) is 3.03. The third-order valence-electron chi connectivity index (χ3n) is 1.71. The highest BCUT2D eigenvalue weighted by atomic mass is 79.9. The number of nitrogens with zero attached hydrogens (tertiary/aromatic N) is 3. The van der Waals surface area contributed by atoms with Crippen molar-refractivity contribution < 1.29 is 8.42 Å². The Hall–Kier alpha value is -0.950. The van der Waals surface area contributed by atoms with Crippen LogP contribution in [0.25, 0.3) is 5.52 Å². The summed E-state index contributed by atoms with van der Waals surface area (Å²) >= 11 is 3.21. The second-order valence-corrected chi connectivity index (χ2v) is 5.45. The largest absolute Gasteiger partial charge is 0.286 e. The van der Waals surface area contributed by atoms with Gasteiger partial charge < -0.3 is 0 Å². The second-order valence-electron chi connectivity index (χ2n) is 2.79. The Morgan fingerprint density at radius 1 is 1.43 bits per heavy atom. The molecule has 2 aromatic rings. The first-order valence-electron chi connectivity index (χ1n) is 3.68. The summed E-state index contributed by atoms with van der Waals surface area (Å²) in [5.41, 5.74) is 0.632. The van der Waals surface area contributed by atoms with Crippen LogP contribution in [-0.4, -0.2) is 29.0 Å². The number of rotatable bonds is 1. The fourth-order valence-electron chi connectivity index (χ4n) is 1.15. The average molecular weight is 276 g/mol. The first kappa shape index (κ1) is 9.60. The number of sulfone groups is 1. The van der Waals surface area contributed by atoms with Gasteiger partial charge in [0.25, 0.3) is 0 Å². The third kappa shape index (κ3) is 1.42. The molecule has 0 atom stereocenters. The minimum absolute atomic E-state index is 0.0237. The number of imidazole rings is 1. The quantitative estimate of drug-likeness (QED) is 0.776. The zero-order chi connectivity index (χ0) is 10.3. The summed E-state index contributed by atoms with van der Waals surface area (Å²) in [6.45, 7) is 0. The van der Waals surface area contributed by atoms with E-state index in [9.17, 15) is 8.42 Å². The van der Waals surface area contributed by atoms with Crippen LogP contribution in [0.1, 0.15) is 0 Å². The van der Waals surface area contributed by atoms with Crippen LogP contribution in [0, 0.1) is 0 Å². The van der Waals surface area contributed by atoms with Crippen LogP contribution in [0.5, 0.6) is 0 Å². The van der Waals surface area contributed by atoms with Crippen molar-refractivity contribution in [1.82, 2.24) is 14.4 Å². The van der Waals surface area contributed by atoms with Gasteiger partial charge in [-0.1, -0.05) is 0 Å². The van der Waals surface area contributed by atoms with E-state index >= 15 is 0 Å². The van der Waals surface area contributed by atoms with Gasteiger partial charge in [-0.25, -0.2) is 18.4 Å². The monoisotopic (exact) mass is 275 g/mol. The standard InChI is InChI=1S/C7H6BrN3O2S/c1-14(12,13)7-10-4-5-6(8)9-2-3-11(5)7/h2-4H,1H3. The van der Waals surface area contributed by atoms with Crippen LogP contribution >= 0.6 is 15.9 Å². The predicted molar refractivity (Wildman–Crippen MR) is 53.8 cm³/mol. The summed E-state index contributed by atoms with van der Waals surface area (Å²) in [5, 5.41) is 0.0237. The van der Waals surface area contributed by atoms with Crippen molar-refractivity contribution in [2.24, 2.45) is 0 Å². The maximum absolute atomic E-state index is 11.3. The molecule has 0 bridgehead atoms. The summed E-state index contributed by atoms with van der Waals surface area (Å²) in [6.07, 6.45) is 5.65. The van der Waals surface area contributed by atoms with Crippen molar-refractivity contribution in [1.29, 1.82) is 0 Å². The van der Waals surface area contributed by atoms with Crippen LogP contribution in [-0.2, 0) is 9.84 Å². The SMILES string of the molecule is CS(=O)(=O)c1ncc2c(Br)nccn12. The summed E-state index contributed by atoms with van der Waals surface area (Å²) in [5.74, 6) is 0. The lowest BCUT2D eigenvalue weighted by atomic mass is 10.6. The fraction of sp³-hybridized carbons (Fsp3) is 0.143. The first-order valence-corrected chi connectivity index (χ1v) is 6.36. The fourth-order valence-corrected chi connectivity index (χ4v) is 2.32. The molecule has 2 aromatic heterocycles. The van der Waals surface area contributed by atoms with Gasteiger partial charge in [0.1, 0.15) is 4.60 Å². The number of aromatic nitrogens is 3. The van der Waals surface area contributed by atoms with Crippen LogP contribution in [0.2, 0.25) is 0 Å². The Kier molecular flexibility index (Phi) is 2.07. The van der Waals surface area contributed by atoms with Crippen molar-refractivity contribution in [3.8, 4) is 0 Å². The first-order chi connectivity index (χ1) is 6.50. The van der Waals surface area contributed by atoms with E-state index in [1.54, 1.807) is 6.20 Å². The van der Waals surface area contributed by atoms with Crippen molar-refractivity contribution in [2.45, 2.75) is 5.16 Å². The predicted octanol–water partition coefficient (Wildman–Crippen LogP) is 0.895. The Morgan fingerprint density at radius 2 is 2.14 bits per heavy atom. The topological polar surface area (TPSA) is 64.3 Å². The van der Waals surface area contributed by atoms with Crippen molar-refractivity contribution in [3.63, 3.8) is 0 Å². The van der Waals surface area contributed by atoms with E-state index in [1.165, 1.54) is 16.8 Å². The Bertz CT molecular complexity index is 590. The number of halogens is 1. The molecule has 7 heteroatoms. The average Bonchev–Trinajstić information content (AvgIpc) is 2.47. The molecular formula is C7H6BrN3O2S. The molecule has 0 saturated heterocycles. The Morgan fingerprint density at radius 3 is 2.79 bits per heavy atom. The van der Waals surface area contributed by atoms with Gasteiger partial charge in [0, 0.05) is 18.6 Å². The number of fused-ring (bicyclic) bond motifs is 1.